The number of nitrogens with zero attached hydrogens (tertiary/aromatic N) is 3. The number of rotatable bonds is 5. The molecule has 0 aliphatic carbocycles. The quantitative estimate of drug-likeness (QED) is 0.683. The predicted octanol–water partition coefficient (Wildman–Crippen LogP) is 2.71. The van der Waals surface area contributed by atoms with Crippen molar-refractivity contribution in [3.05, 3.63) is 59.4 Å². The van der Waals surface area contributed by atoms with E-state index in [1.165, 1.54) is 0 Å². The zero-order valence-electron chi connectivity index (χ0n) is 17.3. The van der Waals surface area contributed by atoms with E-state index in [0.29, 0.717) is 36.7 Å². The Kier molecular flexibility index (Phi) is 5.30. The molecule has 1 aromatic carbocycles. The summed E-state index contributed by atoms with van der Waals surface area (Å²) in [7, 11) is 1.88. The van der Waals surface area contributed by atoms with Crippen LogP contribution in [0.25, 0.3) is 11.4 Å². The van der Waals surface area contributed by atoms with Crippen LogP contribution in [-0.2, 0) is 18.2 Å². The summed E-state index contributed by atoms with van der Waals surface area (Å²) >= 11 is 0. The second-order valence-corrected chi connectivity index (χ2v) is 7.84. The number of nitrogens with one attached hydrogen (secondary N) is 1. The van der Waals surface area contributed by atoms with Gasteiger partial charge in [0.25, 0.3) is 5.91 Å². The smallest absolute Gasteiger partial charge is 0.255 e. The highest BCUT2D eigenvalue weighted by atomic mass is 16.7. The van der Waals surface area contributed by atoms with Crippen LogP contribution in [0.3, 0.4) is 0 Å². The van der Waals surface area contributed by atoms with Gasteiger partial charge in [0.15, 0.2) is 11.5 Å². The third-order valence-corrected chi connectivity index (χ3v) is 5.54. The summed E-state index contributed by atoms with van der Waals surface area (Å²) in [5.41, 5.74) is 4.17. The molecular formula is C23H24N4O4. The fraction of sp³-hybridized carbons (Fsp3) is 0.348. The summed E-state index contributed by atoms with van der Waals surface area (Å²) in [5.74, 6) is 0.976. The molecule has 0 saturated carbocycles. The van der Waals surface area contributed by atoms with Crippen molar-refractivity contribution in [3.63, 3.8) is 0 Å². The van der Waals surface area contributed by atoms with E-state index in [-0.39, 0.29) is 18.7 Å². The Balaban J connectivity index is 1.36. The van der Waals surface area contributed by atoms with E-state index in [9.17, 15) is 4.79 Å². The minimum atomic E-state index is -0.140. The van der Waals surface area contributed by atoms with Gasteiger partial charge in [-0.3, -0.25) is 14.5 Å². The summed E-state index contributed by atoms with van der Waals surface area (Å²) in [5, 5.41) is 7.49. The van der Waals surface area contributed by atoms with Crippen molar-refractivity contribution in [2.24, 2.45) is 7.05 Å². The molecule has 4 heterocycles. The molecule has 5 rings (SSSR count). The molecule has 0 atom stereocenters. The first-order chi connectivity index (χ1) is 15.2. The van der Waals surface area contributed by atoms with Gasteiger partial charge in [-0.25, -0.2) is 0 Å². The van der Waals surface area contributed by atoms with Crippen LogP contribution in [-0.4, -0.2) is 46.7 Å². The van der Waals surface area contributed by atoms with Crippen LogP contribution in [0.2, 0.25) is 0 Å². The first-order valence-electron chi connectivity index (χ1n) is 10.4. The van der Waals surface area contributed by atoms with Crippen LogP contribution >= 0.6 is 0 Å². The molecular weight excluding hydrogens is 396 g/mol. The van der Waals surface area contributed by atoms with Gasteiger partial charge in [0.05, 0.1) is 11.3 Å². The summed E-state index contributed by atoms with van der Waals surface area (Å²) in [4.78, 5) is 17.5. The summed E-state index contributed by atoms with van der Waals surface area (Å²) in [6.45, 7) is 1.46. The minimum absolute atomic E-state index is 0.117. The summed E-state index contributed by atoms with van der Waals surface area (Å²) in [6, 6.07) is 9.86. The lowest BCUT2D eigenvalue weighted by atomic mass is 10.0. The Morgan fingerprint density at radius 2 is 2.00 bits per heavy atom. The fourth-order valence-corrected chi connectivity index (χ4v) is 3.91. The van der Waals surface area contributed by atoms with Crippen LogP contribution in [0, 0.1) is 0 Å². The molecule has 2 aromatic heterocycles. The Hall–Kier alpha value is -3.39. The van der Waals surface area contributed by atoms with Crippen molar-refractivity contribution in [1.82, 2.24) is 20.1 Å². The molecule has 1 saturated heterocycles. The van der Waals surface area contributed by atoms with Gasteiger partial charge < -0.3 is 19.5 Å². The van der Waals surface area contributed by atoms with Gasteiger partial charge in [-0.2, -0.15) is 5.10 Å². The Labute approximate surface area is 180 Å². The standard InChI is InChI=1S/C23H24N4O4/c1-27-7-4-20(26-27)19-3-2-15(13-24-19)10-16-11-18(22-21(12-16)30-14-31-22)23(28)25-17-5-8-29-9-6-17/h2-4,7,11-13,17H,5-6,8-10,14H2,1H3,(H,25,28). The van der Waals surface area contributed by atoms with Crippen LogP contribution < -0.4 is 14.8 Å². The highest BCUT2D eigenvalue weighted by Gasteiger charge is 2.26. The van der Waals surface area contributed by atoms with Crippen molar-refractivity contribution in [2.45, 2.75) is 25.3 Å². The SMILES string of the molecule is Cn1ccc(-c2ccc(Cc3cc4c(c(C(=O)NC5CCOCC5)c3)OCO4)cn2)n1. The molecule has 8 nitrogen and oxygen atoms in total. The molecule has 1 fully saturated rings. The Morgan fingerprint density at radius 3 is 2.74 bits per heavy atom. The van der Waals surface area contributed by atoms with Crippen molar-refractivity contribution >= 4 is 5.91 Å². The van der Waals surface area contributed by atoms with E-state index in [0.717, 1.165) is 35.4 Å². The second-order valence-electron chi connectivity index (χ2n) is 7.84. The van der Waals surface area contributed by atoms with Crippen LogP contribution in [0.5, 0.6) is 11.5 Å². The lowest BCUT2D eigenvalue weighted by Crippen LogP contribution is -2.39. The molecule has 8 heteroatoms. The van der Waals surface area contributed by atoms with E-state index in [1.807, 2.05) is 49.8 Å². The number of amides is 1. The van der Waals surface area contributed by atoms with Crippen molar-refractivity contribution < 1.29 is 19.0 Å². The molecule has 160 valence electrons. The number of fused-ring (bicyclic) bond motifs is 1. The normalized spacial score (nSPS) is 15.8. The summed E-state index contributed by atoms with van der Waals surface area (Å²) in [6.07, 6.45) is 6.00. The zero-order chi connectivity index (χ0) is 21.2. The molecule has 0 radical (unpaired) electrons. The molecule has 1 N–H and O–H groups in total. The lowest BCUT2D eigenvalue weighted by Gasteiger charge is -2.23. The Morgan fingerprint density at radius 1 is 1.13 bits per heavy atom. The maximum Gasteiger partial charge on any atom is 0.255 e. The first-order valence-corrected chi connectivity index (χ1v) is 10.4. The maximum absolute atomic E-state index is 13.0. The highest BCUT2D eigenvalue weighted by molar-refractivity contribution is 5.98. The number of benzene rings is 1. The predicted molar refractivity (Wildman–Crippen MR) is 113 cm³/mol. The number of ether oxygens (including phenoxy) is 3. The van der Waals surface area contributed by atoms with E-state index < -0.39 is 0 Å². The number of hydrogen-bond acceptors (Lipinski definition) is 6. The average Bonchev–Trinajstić information content (AvgIpc) is 3.43. The first kappa shape index (κ1) is 19.6. The number of hydrogen-bond donors (Lipinski definition) is 1. The monoisotopic (exact) mass is 420 g/mol. The van der Waals surface area contributed by atoms with Crippen LogP contribution in [0.15, 0.2) is 42.7 Å². The molecule has 0 spiro atoms. The van der Waals surface area contributed by atoms with Gasteiger partial charge in [0, 0.05) is 38.7 Å². The topological polar surface area (TPSA) is 87.5 Å². The van der Waals surface area contributed by atoms with Crippen LogP contribution in [0.1, 0.15) is 34.3 Å². The maximum atomic E-state index is 13.0. The fourth-order valence-electron chi connectivity index (χ4n) is 3.91. The molecule has 31 heavy (non-hydrogen) atoms. The van der Waals surface area contributed by atoms with Crippen LogP contribution in [0.4, 0.5) is 0 Å². The minimum Gasteiger partial charge on any atom is -0.454 e. The van der Waals surface area contributed by atoms with E-state index in [4.69, 9.17) is 14.2 Å². The number of pyridine rings is 1. The number of aryl methyl sites for hydroxylation is 1. The molecule has 3 aromatic rings. The molecule has 1 amide bonds. The molecule has 0 bridgehead atoms. The van der Waals surface area contributed by atoms with Crippen molar-refractivity contribution in [1.29, 1.82) is 0 Å². The Bertz CT molecular complexity index is 1090. The van der Waals surface area contributed by atoms with Gasteiger partial charge in [0.2, 0.25) is 6.79 Å². The largest absolute Gasteiger partial charge is 0.454 e. The second kappa shape index (κ2) is 8.39. The van der Waals surface area contributed by atoms with E-state index in [1.54, 1.807) is 4.68 Å². The van der Waals surface area contributed by atoms with Gasteiger partial charge in [0.1, 0.15) is 5.69 Å². The van der Waals surface area contributed by atoms with Gasteiger partial charge in [-0.15, -0.1) is 0 Å². The lowest BCUT2D eigenvalue weighted by molar-refractivity contribution is 0.0695. The molecule has 2 aliphatic rings. The number of carbonyl (C=O) groups excluding carboxylic acids is 1. The number of aromatic nitrogens is 3. The van der Waals surface area contributed by atoms with Crippen molar-refractivity contribution in [2.75, 3.05) is 20.0 Å². The van der Waals surface area contributed by atoms with Crippen molar-refractivity contribution in [3.8, 4) is 22.9 Å². The number of carbonyl (C=O) groups is 1. The molecule has 2 aliphatic heterocycles. The van der Waals surface area contributed by atoms with E-state index in [2.05, 4.69) is 15.4 Å². The van der Waals surface area contributed by atoms with E-state index >= 15 is 0 Å². The van der Waals surface area contributed by atoms with Gasteiger partial charge in [-0.1, -0.05) is 6.07 Å². The van der Waals surface area contributed by atoms with Gasteiger partial charge in [-0.05, 0) is 54.7 Å². The third-order valence-electron chi connectivity index (χ3n) is 5.54. The van der Waals surface area contributed by atoms with Gasteiger partial charge >= 0.3 is 0 Å². The zero-order valence-corrected chi connectivity index (χ0v) is 17.3. The third kappa shape index (κ3) is 4.25. The molecule has 0 unspecified atom stereocenters. The highest BCUT2D eigenvalue weighted by Crippen LogP contribution is 2.37. The average molecular weight is 420 g/mol. The summed E-state index contributed by atoms with van der Waals surface area (Å²) < 4.78 is 18.3.